The highest BCUT2D eigenvalue weighted by molar-refractivity contribution is 6.22. The summed E-state index contributed by atoms with van der Waals surface area (Å²) in [6.07, 6.45) is 1.11. The number of carbonyl (C=O) groups is 4. The third kappa shape index (κ3) is 1.88. The standard InChI is InChI=1S/C23H28O7/c1-20(2)7-6-8-23-13-11(12(18(26)29-5)14(16(20)23)30-19(23)27)15-21(3,28)9-10(24)22(15,4)17(13)25/h12,14-16,28H,6-9H2,1-5H3. The van der Waals surface area contributed by atoms with E-state index in [1.165, 1.54) is 14.0 Å². The Morgan fingerprint density at radius 2 is 1.80 bits per heavy atom. The SMILES string of the molecule is COC(=O)C1C2=C(C(=O)C3(C)C(=O)CC(C)(O)C23)C23CCCC(C)(C)C2C1OC3=O. The Labute approximate surface area is 175 Å². The minimum atomic E-state index is -1.49. The first-order chi connectivity index (χ1) is 13.9. The highest BCUT2D eigenvalue weighted by Crippen LogP contribution is 2.72. The van der Waals surface area contributed by atoms with Crippen LogP contribution in [0.5, 0.6) is 0 Å². The molecule has 0 aromatic rings. The van der Waals surface area contributed by atoms with Crippen LogP contribution in [0.2, 0.25) is 0 Å². The zero-order valence-corrected chi connectivity index (χ0v) is 18.0. The van der Waals surface area contributed by atoms with Crippen LogP contribution in [0.25, 0.3) is 0 Å². The average molecular weight is 416 g/mol. The fraction of sp³-hybridized carbons (Fsp3) is 0.739. The number of rotatable bonds is 1. The van der Waals surface area contributed by atoms with Gasteiger partial charge in [-0.3, -0.25) is 19.2 Å². The molecule has 7 unspecified atom stereocenters. The second-order valence-corrected chi connectivity index (χ2v) is 10.9. The number of hydrogen-bond donors (Lipinski definition) is 1. The van der Waals surface area contributed by atoms with Crippen LogP contribution < -0.4 is 0 Å². The van der Waals surface area contributed by atoms with Gasteiger partial charge in [0, 0.05) is 23.8 Å². The van der Waals surface area contributed by atoms with E-state index in [1.54, 1.807) is 6.92 Å². The van der Waals surface area contributed by atoms with Crippen LogP contribution in [-0.4, -0.2) is 47.4 Å². The minimum Gasteiger partial charge on any atom is -0.468 e. The number of hydrogen-bond acceptors (Lipinski definition) is 7. The van der Waals surface area contributed by atoms with E-state index in [9.17, 15) is 24.3 Å². The molecular weight excluding hydrogens is 388 g/mol. The molecule has 0 radical (unpaired) electrons. The number of methoxy groups -OCH3 is 1. The number of carbonyl (C=O) groups excluding carboxylic acids is 4. The van der Waals surface area contributed by atoms with Crippen molar-refractivity contribution in [2.75, 3.05) is 7.11 Å². The number of esters is 2. The molecule has 7 heteroatoms. The van der Waals surface area contributed by atoms with Gasteiger partial charge in [-0.1, -0.05) is 20.3 Å². The number of ether oxygens (including phenoxy) is 2. The second-order valence-electron chi connectivity index (χ2n) is 10.9. The molecule has 0 spiro atoms. The first kappa shape index (κ1) is 19.9. The maximum atomic E-state index is 13.9. The third-order valence-corrected chi connectivity index (χ3v) is 8.86. The van der Waals surface area contributed by atoms with Crippen molar-refractivity contribution < 1.29 is 33.8 Å². The Bertz CT molecular complexity index is 957. The van der Waals surface area contributed by atoms with Crippen LogP contribution in [-0.2, 0) is 28.7 Å². The Morgan fingerprint density at radius 3 is 2.43 bits per heavy atom. The van der Waals surface area contributed by atoms with Gasteiger partial charge in [0.25, 0.3) is 0 Å². The fourth-order valence-corrected chi connectivity index (χ4v) is 7.89. The Kier molecular flexibility index (Phi) is 3.60. The lowest BCUT2D eigenvalue weighted by atomic mass is 9.48. The van der Waals surface area contributed by atoms with Crippen molar-refractivity contribution in [3.63, 3.8) is 0 Å². The van der Waals surface area contributed by atoms with Crippen LogP contribution in [0.15, 0.2) is 11.1 Å². The molecule has 7 atom stereocenters. The molecule has 162 valence electrons. The molecule has 5 rings (SSSR count). The fourth-order valence-electron chi connectivity index (χ4n) is 7.89. The number of aliphatic hydroxyl groups is 1. The van der Waals surface area contributed by atoms with E-state index in [1.807, 2.05) is 13.8 Å². The molecule has 4 aliphatic carbocycles. The highest BCUT2D eigenvalue weighted by Gasteiger charge is 2.79. The van der Waals surface area contributed by atoms with Crippen molar-refractivity contribution in [3.05, 3.63) is 11.1 Å². The topological polar surface area (TPSA) is 107 Å². The highest BCUT2D eigenvalue weighted by atomic mass is 16.6. The Morgan fingerprint density at radius 1 is 1.13 bits per heavy atom. The molecule has 2 bridgehead atoms. The number of Topliss-reactive ketones (excluding diaryl/α,β-unsaturated/α-hetero) is 2. The minimum absolute atomic E-state index is 0.161. The summed E-state index contributed by atoms with van der Waals surface area (Å²) in [7, 11) is 1.27. The Hall–Kier alpha value is -2.02. The van der Waals surface area contributed by atoms with Gasteiger partial charge in [-0.15, -0.1) is 0 Å². The van der Waals surface area contributed by atoms with Crippen molar-refractivity contribution in [1.29, 1.82) is 0 Å². The summed E-state index contributed by atoms with van der Waals surface area (Å²) in [5.74, 6) is -4.03. The molecule has 1 heterocycles. The van der Waals surface area contributed by atoms with Crippen LogP contribution in [0.4, 0.5) is 0 Å². The van der Waals surface area contributed by atoms with Crippen LogP contribution >= 0.6 is 0 Å². The molecule has 3 fully saturated rings. The van der Waals surface area contributed by atoms with Gasteiger partial charge >= 0.3 is 11.9 Å². The molecule has 0 aromatic heterocycles. The summed E-state index contributed by atoms with van der Waals surface area (Å²) in [6.45, 7) is 7.19. The molecule has 0 aromatic carbocycles. The zero-order chi connectivity index (χ0) is 22.0. The first-order valence-electron chi connectivity index (χ1n) is 10.7. The van der Waals surface area contributed by atoms with Crippen LogP contribution in [0.3, 0.4) is 0 Å². The predicted octanol–water partition coefficient (Wildman–Crippen LogP) is 1.75. The summed E-state index contributed by atoms with van der Waals surface area (Å²) < 4.78 is 11.0. The second kappa shape index (κ2) is 5.42. The average Bonchev–Trinajstić information content (AvgIpc) is 3.11. The van der Waals surface area contributed by atoms with Gasteiger partial charge in [0.1, 0.15) is 23.2 Å². The van der Waals surface area contributed by atoms with E-state index in [-0.39, 0.29) is 29.1 Å². The molecule has 7 nitrogen and oxygen atoms in total. The van der Waals surface area contributed by atoms with E-state index < -0.39 is 52.1 Å². The van der Waals surface area contributed by atoms with Gasteiger partial charge in [-0.2, -0.15) is 0 Å². The van der Waals surface area contributed by atoms with Gasteiger partial charge in [-0.25, -0.2) is 0 Å². The van der Waals surface area contributed by atoms with E-state index >= 15 is 0 Å². The summed E-state index contributed by atoms with van der Waals surface area (Å²) >= 11 is 0. The molecule has 1 saturated heterocycles. The third-order valence-electron chi connectivity index (χ3n) is 8.86. The first-order valence-corrected chi connectivity index (χ1v) is 10.7. The monoisotopic (exact) mass is 416 g/mol. The largest absolute Gasteiger partial charge is 0.468 e. The van der Waals surface area contributed by atoms with Crippen molar-refractivity contribution in [2.24, 2.45) is 34.0 Å². The lowest BCUT2D eigenvalue weighted by Crippen LogP contribution is -2.55. The lowest BCUT2D eigenvalue weighted by molar-refractivity contribution is -0.155. The Balaban J connectivity index is 1.86. The lowest BCUT2D eigenvalue weighted by Gasteiger charge is -2.51. The van der Waals surface area contributed by atoms with Crippen molar-refractivity contribution in [2.45, 2.75) is 65.1 Å². The predicted molar refractivity (Wildman–Crippen MR) is 103 cm³/mol. The molecule has 5 aliphatic rings. The molecule has 2 saturated carbocycles. The molecule has 0 amide bonds. The quantitative estimate of drug-likeness (QED) is 0.513. The smallest absolute Gasteiger partial charge is 0.317 e. The van der Waals surface area contributed by atoms with Gasteiger partial charge in [-0.05, 0) is 37.7 Å². The van der Waals surface area contributed by atoms with Gasteiger partial charge in [0.15, 0.2) is 5.78 Å². The summed E-state index contributed by atoms with van der Waals surface area (Å²) in [5, 5.41) is 11.2. The van der Waals surface area contributed by atoms with Crippen molar-refractivity contribution >= 4 is 23.5 Å². The van der Waals surface area contributed by atoms with Crippen molar-refractivity contribution in [3.8, 4) is 0 Å². The number of fused-ring (bicyclic) bond motifs is 2. The molecular formula is C23H28O7. The molecule has 1 aliphatic heterocycles. The normalized spacial score (nSPS) is 48.3. The van der Waals surface area contributed by atoms with Crippen molar-refractivity contribution in [1.82, 2.24) is 0 Å². The van der Waals surface area contributed by atoms with E-state index in [4.69, 9.17) is 9.47 Å². The zero-order valence-electron chi connectivity index (χ0n) is 18.0. The van der Waals surface area contributed by atoms with E-state index in [2.05, 4.69) is 0 Å². The molecule has 30 heavy (non-hydrogen) atoms. The van der Waals surface area contributed by atoms with Gasteiger partial charge < -0.3 is 14.6 Å². The summed E-state index contributed by atoms with van der Waals surface area (Å²) in [5.41, 5.74) is -3.78. The summed E-state index contributed by atoms with van der Waals surface area (Å²) in [6, 6.07) is 0. The van der Waals surface area contributed by atoms with Crippen LogP contribution in [0.1, 0.15) is 53.4 Å². The maximum absolute atomic E-state index is 13.9. The van der Waals surface area contributed by atoms with E-state index in [0.29, 0.717) is 12.0 Å². The molecule has 1 N–H and O–H groups in total. The van der Waals surface area contributed by atoms with Gasteiger partial charge in [0.2, 0.25) is 0 Å². The van der Waals surface area contributed by atoms with Gasteiger partial charge in [0.05, 0.1) is 18.1 Å². The number of ketones is 2. The summed E-state index contributed by atoms with van der Waals surface area (Å²) in [4.78, 5) is 53.4. The maximum Gasteiger partial charge on any atom is 0.317 e. The van der Waals surface area contributed by atoms with E-state index in [0.717, 1.165) is 12.8 Å². The van der Waals surface area contributed by atoms with Crippen LogP contribution in [0, 0.1) is 34.0 Å².